The molecule has 0 amide bonds. The highest BCUT2D eigenvalue weighted by atomic mass is 16.7. The molecule has 1 aliphatic carbocycles. The fourth-order valence-corrected chi connectivity index (χ4v) is 5.73. The first-order valence-electron chi connectivity index (χ1n) is 15.9. The lowest BCUT2D eigenvalue weighted by Crippen LogP contribution is -2.67. The smallest absolute Gasteiger partial charge is 0.306 e. The van der Waals surface area contributed by atoms with Crippen molar-refractivity contribution in [2.75, 3.05) is 6.61 Å². The predicted octanol–water partition coefficient (Wildman–Crippen LogP) is 0.658. The summed E-state index contributed by atoms with van der Waals surface area (Å²) in [5.74, 6) is 0.0141. The standard InChI is InChI=1S/C30H56O12/c1-3-4-5-6-8-11-14-18(2)15-12-9-7-10-13-16-20(32)41-28-25(37)23(35)24(36)26(38)29(28)42-30-27(39)22(34)21(33)19(17-31)40-30/h18-19,21-31,33-39H,3-17H2,1-2H3/t18?,19-,21-,22+,23+,24+,25-,26-,27+,28-,29+,30+/m1/s1. The number of hydrogen-bond acceptors (Lipinski definition) is 12. The summed E-state index contributed by atoms with van der Waals surface area (Å²) in [6.07, 6.45) is -4.09. The van der Waals surface area contributed by atoms with Crippen LogP contribution < -0.4 is 0 Å². The van der Waals surface area contributed by atoms with Crippen LogP contribution in [-0.2, 0) is 19.0 Å². The van der Waals surface area contributed by atoms with Crippen molar-refractivity contribution in [2.45, 2.75) is 171 Å². The van der Waals surface area contributed by atoms with Gasteiger partial charge in [0.25, 0.3) is 0 Å². The van der Waals surface area contributed by atoms with Gasteiger partial charge in [0.15, 0.2) is 12.4 Å². The van der Waals surface area contributed by atoms with Gasteiger partial charge in [-0.2, -0.15) is 0 Å². The van der Waals surface area contributed by atoms with Gasteiger partial charge in [-0.3, -0.25) is 4.79 Å². The van der Waals surface area contributed by atoms with E-state index in [1.165, 1.54) is 51.4 Å². The Morgan fingerprint density at radius 2 is 1.17 bits per heavy atom. The van der Waals surface area contributed by atoms with E-state index in [1.807, 2.05) is 0 Å². The molecule has 42 heavy (non-hydrogen) atoms. The zero-order valence-corrected chi connectivity index (χ0v) is 25.2. The van der Waals surface area contributed by atoms with Crippen molar-refractivity contribution in [3.63, 3.8) is 0 Å². The van der Waals surface area contributed by atoms with Gasteiger partial charge in [-0.15, -0.1) is 0 Å². The third-order valence-corrected chi connectivity index (χ3v) is 8.58. The molecule has 0 spiro atoms. The summed E-state index contributed by atoms with van der Waals surface area (Å²) in [4.78, 5) is 12.6. The minimum absolute atomic E-state index is 0.0269. The molecular weight excluding hydrogens is 552 g/mol. The van der Waals surface area contributed by atoms with Gasteiger partial charge in [0.2, 0.25) is 0 Å². The van der Waals surface area contributed by atoms with E-state index >= 15 is 0 Å². The van der Waals surface area contributed by atoms with Crippen molar-refractivity contribution in [1.82, 2.24) is 0 Å². The van der Waals surface area contributed by atoms with E-state index in [0.29, 0.717) is 6.42 Å². The predicted molar refractivity (Wildman–Crippen MR) is 152 cm³/mol. The van der Waals surface area contributed by atoms with Crippen molar-refractivity contribution in [2.24, 2.45) is 5.92 Å². The molecular formula is C30H56O12. The number of ether oxygens (including phenoxy) is 3. The molecule has 1 heterocycles. The molecule has 2 fully saturated rings. The number of hydrogen-bond donors (Lipinski definition) is 8. The summed E-state index contributed by atoms with van der Waals surface area (Å²) < 4.78 is 16.2. The van der Waals surface area contributed by atoms with Crippen LogP contribution in [0.5, 0.6) is 0 Å². The van der Waals surface area contributed by atoms with Crippen molar-refractivity contribution >= 4 is 5.97 Å². The van der Waals surface area contributed by atoms with Crippen LogP contribution in [-0.4, -0.2) is 121 Å². The number of esters is 1. The summed E-state index contributed by atoms with van der Waals surface area (Å²) in [5, 5.41) is 81.1. The average molecular weight is 609 g/mol. The second-order valence-corrected chi connectivity index (χ2v) is 12.2. The first kappa shape index (κ1) is 37.3. The molecule has 2 aliphatic rings. The summed E-state index contributed by atoms with van der Waals surface area (Å²) in [6, 6.07) is 0. The average Bonchev–Trinajstić information content (AvgIpc) is 2.97. The van der Waals surface area contributed by atoms with Crippen LogP contribution in [0.1, 0.15) is 104 Å². The zero-order chi connectivity index (χ0) is 31.2. The maximum Gasteiger partial charge on any atom is 0.306 e. The lowest BCUT2D eigenvalue weighted by molar-refractivity contribution is -0.340. The third kappa shape index (κ3) is 11.2. The lowest BCUT2D eigenvalue weighted by Gasteiger charge is -2.46. The molecule has 12 atom stereocenters. The number of rotatable bonds is 19. The number of unbranched alkanes of at least 4 members (excludes halogenated alkanes) is 9. The van der Waals surface area contributed by atoms with Crippen molar-refractivity contribution in [3.8, 4) is 0 Å². The highest BCUT2D eigenvalue weighted by molar-refractivity contribution is 5.69. The Balaban J connectivity index is 1.77. The largest absolute Gasteiger partial charge is 0.457 e. The van der Waals surface area contributed by atoms with Crippen LogP contribution in [0.2, 0.25) is 0 Å². The van der Waals surface area contributed by atoms with Gasteiger partial charge in [0.1, 0.15) is 54.9 Å². The third-order valence-electron chi connectivity index (χ3n) is 8.58. The van der Waals surface area contributed by atoms with Crippen molar-refractivity contribution < 1.29 is 59.9 Å². The van der Waals surface area contributed by atoms with E-state index in [-0.39, 0.29) is 6.42 Å². The first-order chi connectivity index (χ1) is 20.0. The monoisotopic (exact) mass is 608 g/mol. The highest BCUT2D eigenvalue weighted by Gasteiger charge is 2.54. The van der Waals surface area contributed by atoms with E-state index < -0.39 is 79.9 Å². The Labute approximate surface area is 249 Å². The van der Waals surface area contributed by atoms with Crippen LogP contribution in [0.3, 0.4) is 0 Å². The Hall–Kier alpha value is -0.930. The molecule has 0 radical (unpaired) electrons. The van der Waals surface area contributed by atoms with Gasteiger partial charge in [-0.1, -0.05) is 90.9 Å². The van der Waals surface area contributed by atoms with Crippen LogP contribution in [0.25, 0.3) is 0 Å². The van der Waals surface area contributed by atoms with Gasteiger partial charge in [-0.25, -0.2) is 0 Å². The number of carbonyl (C=O) groups is 1. The van der Waals surface area contributed by atoms with E-state index in [4.69, 9.17) is 14.2 Å². The fourth-order valence-electron chi connectivity index (χ4n) is 5.73. The van der Waals surface area contributed by atoms with E-state index in [9.17, 15) is 45.6 Å². The topological polar surface area (TPSA) is 207 Å². The molecule has 12 heteroatoms. The fraction of sp³-hybridized carbons (Fsp3) is 0.967. The second-order valence-electron chi connectivity index (χ2n) is 12.2. The number of carbonyl (C=O) groups excluding carboxylic acids is 1. The normalized spacial score (nSPS) is 36.1. The summed E-state index contributed by atoms with van der Waals surface area (Å²) in [7, 11) is 0. The molecule has 0 aromatic heterocycles. The maximum atomic E-state index is 12.6. The molecule has 0 aromatic carbocycles. The second kappa shape index (κ2) is 19.5. The van der Waals surface area contributed by atoms with Crippen LogP contribution in [0.4, 0.5) is 0 Å². The van der Waals surface area contributed by atoms with Gasteiger partial charge in [0, 0.05) is 6.42 Å². The van der Waals surface area contributed by atoms with Crippen LogP contribution in [0, 0.1) is 5.92 Å². The van der Waals surface area contributed by atoms with E-state index in [2.05, 4.69) is 13.8 Å². The lowest BCUT2D eigenvalue weighted by atomic mass is 9.84. The van der Waals surface area contributed by atoms with Crippen LogP contribution >= 0.6 is 0 Å². The summed E-state index contributed by atoms with van der Waals surface area (Å²) in [6.45, 7) is 3.81. The highest BCUT2D eigenvalue weighted by Crippen LogP contribution is 2.31. The summed E-state index contributed by atoms with van der Waals surface area (Å²) >= 11 is 0. The molecule has 8 N–H and O–H groups in total. The molecule has 1 saturated carbocycles. The molecule has 12 nitrogen and oxygen atoms in total. The first-order valence-corrected chi connectivity index (χ1v) is 15.9. The molecule has 0 aromatic rings. The number of aliphatic hydroxyl groups is 8. The Kier molecular flexibility index (Phi) is 17.3. The minimum Gasteiger partial charge on any atom is -0.457 e. The van der Waals surface area contributed by atoms with Gasteiger partial charge in [-0.05, 0) is 12.3 Å². The van der Waals surface area contributed by atoms with Crippen LogP contribution in [0.15, 0.2) is 0 Å². The maximum absolute atomic E-state index is 12.6. The minimum atomic E-state index is -1.88. The molecule has 0 bridgehead atoms. The molecule has 1 saturated heterocycles. The molecule has 1 aliphatic heterocycles. The Morgan fingerprint density at radius 3 is 1.74 bits per heavy atom. The molecule has 2 rings (SSSR count). The van der Waals surface area contributed by atoms with Crippen molar-refractivity contribution in [1.29, 1.82) is 0 Å². The zero-order valence-electron chi connectivity index (χ0n) is 25.2. The van der Waals surface area contributed by atoms with E-state index in [1.54, 1.807) is 0 Å². The number of aliphatic hydroxyl groups excluding tert-OH is 8. The quantitative estimate of drug-likeness (QED) is 0.0752. The molecule has 248 valence electrons. The Bertz CT molecular complexity index is 739. The SMILES string of the molecule is CCCCCCCCC(C)CCCCCCCC(=O)O[C@@H]1[C@H](O)[C@@H](O)[C@H](O)[C@@H](O)[C@@H]1O[C@@H]1O[C@H](CO)[C@@H](O)[C@H](O)[C@@H]1O. The van der Waals surface area contributed by atoms with E-state index in [0.717, 1.165) is 31.6 Å². The van der Waals surface area contributed by atoms with Gasteiger partial charge < -0.3 is 55.1 Å². The van der Waals surface area contributed by atoms with Gasteiger partial charge >= 0.3 is 5.97 Å². The van der Waals surface area contributed by atoms with Gasteiger partial charge in [0.05, 0.1) is 6.61 Å². The summed E-state index contributed by atoms with van der Waals surface area (Å²) in [5.41, 5.74) is 0. The molecule has 1 unspecified atom stereocenters. The van der Waals surface area contributed by atoms with Crippen molar-refractivity contribution in [3.05, 3.63) is 0 Å². The Morgan fingerprint density at radius 1 is 0.667 bits per heavy atom.